The first-order chi connectivity index (χ1) is 9.86. The van der Waals surface area contributed by atoms with E-state index < -0.39 is 6.10 Å². The largest absolute Gasteiger partial charge is 0.481 e. The Morgan fingerprint density at radius 1 is 1.29 bits per heavy atom. The van der Waals surface area contributed by atoms with Crippen molar-refractivity contribution in [2.75, 3.05) is 5.32 Å². The molecule has 1 aromatic carbocycles. The average molecular weight is 309 g/mol. The summed E-state index contributed by atoms with van der Waals surface area (Å²) >= 11 is 6.10. The molecule has 0 spiro atoms. The van der Waals surface area contributed by atoms with Crippen LogP contribution in [0.25, 0.3) is 0 Å². The summed E-state index contributed by atoms with van der Waals surface area (Å²) in [4.78, 5) is 12.0. The van der Waals surface area contributed by atoms with E-state index in [0.717, 1.165) is 11.1 Å². The highest BCUT2D eigenvalue weighted by Gasteiger charge is 2.17. The number of hydrogen-bond donors (Lipinski definition) is 1. The van der Waals surface area contributed by atoms with E-state index in [2.05, 4.69) is 10.5 Å². The average Bonchev–Trinajstić information content (AvgIpc) is 2.81. The molecular weight excluding hydrogens is 292 g/mol. The number of aromatic nitrogens is 1. The van der Waals surface area contributed by atoms with Crippen LogP contribution in [0.1, 0.15) is 23.8 Å². The van der Waals surface area contributed by atoms with Gasteiger partial charge >= 0.3 is 0 Å². The molecule has 2 aromatic rings. The van der Waals surface area contributed by atoms with Gasteiger partial charge in [0.25, 0.3) is 5.91 Å². The summed E-state index contributed by atoms with van der Waals surface area (Å²) < 4.78 is 10.5. The number of benzene rings is 1. The number of amides is 1. The van der Waals surface area contributed by atoms with Gasteiger partial charge in [-0.25, -0.2) is 0 Å². The van der Waals surface area contributed by atoms with Crippen LogP contribution in [0, 0.1) is 20.8 Å². The minimum atomic E-state index is -0.665. The Labute approximate surface area is 128 Å². The molecule has 0 saturated heterocycles. The fraction of sp³-hybridized carbons (Fsp3) is 0.333. The van der Waals surface area contributed by atoms with Gasteiger partial charge in [0.2, 0.25) is 0 Å². The van der Waals surface area contributed by atoms with E-state index in [1.807, 2.05) is 13.8 Å². The van der Waals surface area contributed by atoms with Gasteiger partial charge in [0.15, 0.2) is 11.9 Å². The third-order valence-electron chi connectivity index (χ3n) is 2.97. The molecule has 0 aliphatic heterocycles. The summed E-state index contributed by atoms with van der Waals surface area (Å²) in [6.45, 7) is 7.21. The molecule has 0 unspecified atom stereocenters. The molecule has 5 nitrogen and oxygen atoms in total. The van der Waals surface area contributed by atoms with Gasteiger partial charge in [0.1, 0.15) is 11.5 Å². The highest BCUT2D eigenvalue weighted by atomic mass is 35.5. The molecule has 1 N–H and O–H groups in total. The molecule has 112 valence electrons. The first kappa shape index (κ1) is 15.4. The van der Waals surface area contributed by atoms with Crippen LogP contribution >= 0.6 is 11.6 Å². The van der Waals surface area contributed by atoms with Crippen molar-refractivity contribution in [2.45, 2.75) is 33.8 Å². The number of hydrogen-bond acceptors (Lipinski definition) is 4. The van der Waals surface area contributed by atoms with E-state index >= 15 is 0 Å². The second-order valence-corrected chi connectivity index (χ2v) is 5.32. The number of nitrogens with zero attached hydrogens (tertiary/aromatic N) is 1. The molecular formula is C15H17ClN2O3. The predicted octanol–water partition coefficient (Wildman–Crippen LogP) is 3.66. The lowest BCUT2D eigenvalue weighted by atomic mass is 10.1. The summed E-state index contributed by atoms with van der Waals surface area (Å²) in [7, 11) is 0. The van der Waals surface area contributed by atoms with Crippen molar-refractivity contribution >= 4 is 23.3 Å². The molecule has 0 radical (unpaired) electrons. The molecule has 21 heavy (non-hydrogen) atoms. The number of aryl methyl sites for hydroxylation is 3. The van der Waals surface area contributed by atoms with Crippen LogP contribution in [0.3, 0.4) is 0 Å². The van der Waals surface area contributed by atoms with Gasteiger partial charge in [0, 0.05) is 11.1 Å². The molecule has 0 bridgehead atoms. The molecule has 2 rings (SSSR count). The van der Waals surface area contributed by atoms with Gasteiger partial charge in [-0.1, -0.05) is 16.8 Å². The van der Waals surface area contributed by atoms with Gasteiger partial charge in [-0.15, -0.1) is 0 Å². The zero-order chi connectivity index (χ0) is 15.6. The highest BCUT2D eigenvalue weighted by Crippen LogP contribution is 2.26. The minimum absolute atomic E-state index is 0.298. The van der Waals surface area contributed by atoms with Crippen LogP contribution in [0.4, 0.5) is 5.82 Å². The Morgan fingerprint density at radius 3 is 2.43 bits per heavy atom. The van der Waals surface area contributed by atoms with Crippen molar-refractivity contribution < 1.29 is 14.1 Å². The second-order valence-electron chi connectivity index (χ2n) is 4.94. The van der Waals surface area contributed by atoms with E-state index in [0.29, 0.717) is 22.4 Å². The molecule has 1 aromatic heterocycles. The van der Waals surface area contributed by atoms with Crippen LogP contribution in [0.5, 0.6) is 5.75 Å². The van der Waals surface area contributed by atoms with Crippen molar-refractivity contribution in [1.29, 1.82) is 0 Å². The van der Waals surface area contributed by atoms with Crippen molar-refractivity contribution in [3.05, 3.63) is 40.1 Å². The Hall–Kier alpha value is -2.01. The third-order valence-corrected chi connectivity index (χ3v) is 3.57. The van der Waals surface area contributed by atoms with E-state index in [9.17, 15) is 4.79 Å². The summed E-state index contributed by atoms with van der Waals surface area (Å²) in [6.07, 6.45) is -0.665. The third kappa shape index (κ3) is 3.76. The first-order valence-corrected chi connectivity index (χ1v) is 6.92. The monoisotopic (exact) mass is 308 g/mol. The number of anilines is 1. The Bertz CT molecular complexity index is 644. The molecule has 0 fully saturated rings. The maximum Gasteiger partial charge on any atom is 0.266 e. The summed E-state index contributed by atoms with van der Waals surface area (Å²) in [5, 5.41) is 7.04. The Kier molecular flexibility index (Phi) is 4.53. The fourth-order valence-corrected chi connectivity index (χ4v) is 1.99. The van der Waals surface area contributed by atoms with Crippen LogP contribution in [-0.4, -0.2) is 17.2 Å². The van der Waals surface area contributed by atoms with Crippen molar-refractivity contribution in [2.24, 2.45) is 0 Å². The van der Waals surface area contributed by atoms with Crippen LogP contribution in [-0.2, 0) is 4.79 Å². The molecule has 6 heteroatoms. The van der Waals surface area contributed by atoms with Gasteiger partial charge in [-0.3, -0.25) is 4.79 Å². The van der Waals surface area contributed by atoms with Crippen molar-refractivity contribution in [1.82, 2.24) is 5.16 Å². The quantitative estimate of drug-likeness (QED) is 0.936. The normalized spacial score (nSPS) is 12.0. The topological polar surface area (TPSA) is 64.4 Å². The second kappa shape index (κ2) is 6.18. The number of carbonyl (C=O) groups is 1. The molecule has 1 heterocycles. The lowest BCUT2D eigenvalue weighted by molar-refractivity contribution is -0.122. The summed E-state index contributed by atoms with van der Waals surface area (Å²) in [6, 6.07) is 5.25. The smallest absolute Gasteiger partial charge is 0.266 e. The van der Waals surface area contributed by atoms with E-state index in [4.69, 9.17) is 20.9 Å². The number of nitrogens with one attached hydrogen (secondary N) is 1. The first-order valence-electron chi connectivity index (χ1n) is 6.54. The van der Waals surface area contributed by atoms with E-state index in [-0.39, 0.29) is 5.91 Å². The molecule has 0 saturated carbocycles. The van der Waals surface area contributed by atoms with Crippen LogP contribution in [0.2, 0.25) is 5.02 Å². The van der Waals surface area contributed by atoms with Gasteiger partial charge < -0.3 is 14.6 Å². The SMILES string of the molecule is Cc1cc(NC(=O)[C@H](C)Oc2cc(C)c(Cl)c(C)c2)no1. The number of carbonyl (C=O) groups excluding carboxylic acids is 1. The fourth-order valence-electron chi connectivity index (χ4n) is 1.89. The number of rotatable bonds is 4. The van der Waals surface area contributed by atoms with Gasteiger partial charge in [-0.2, -0.15) is 0 Å². The number of ether oxygens (including phenoxy) is 1. The predicted molar refractivity (Wildman–Crippen MR) is 80.9 cm³/mol. The maximum absolute atomic E-state index is 12.0. The highest BCUT2D eigenvalue weighted by molar-refractivity contribution is 6.32. The minimum Gasteiger partial charge on any atom is -0.481 e. The summed E-state index contributed by atoms with van der Waals surface area (Å²) in [5.74, 6) is 1.31. The number of halogens is 1. The Morgan fingerprint density at radius 2 is 1.90 bits per heavy atom. The zero-order valence-corrected chi connectivity index (χ0v) is 13.1. The van der Waals surface area contributed by atoms with Crippen LogP contribution in [0.15, 0.2) is 22.7 Å². The molecule has 0 aliphatic carbocycles. The molecule has 0 aliphatic rings. The lowest BCUT2D eigenvalue weighted by Gasteiger charge is -2.15. The zero-order valence-electron chi connectivity index (χ0n) is 12.4. The molecule has 1 amide bonds. The standard InChI is InChI=1S/C15H17ClN2O3/c1-8-5-12(6-9(2)14(8)16)20-11(4)15(19)17-13-7-10(3)21-18-13/h5-7,11H,1-4H3,(H,17,18,19)/t11-/m0/s1. The van der Waals surface area contributed by atoms with E-state index in [1.165, 1.54) is 0 Å². The van der Waals surface area contributed by atoms with Crippen molar-refractivity contribution in [3.8, 4) is 5.75 Å². The van der Waals surface area contributed by atoms with E-state index in [1.54, 1.807) is 32.0 Å². The van der Waals surface area contributed by atoms with Crippen LogP contribution < -0.4 is 10.1 Å². The lowest BCUT2D eigenvalue weighted by Crippen LogP contribution is -2.30. The van der Waals surface area contributed by atoms with Crippen molar-refractivity contribution in [3.63, 3.8) is 0 Å². The summed E-state index contributed by atoms with van der Waals surface area (Å²) in [5.41, 5.74) is 1.82. The maximum atomic E-state index is 12.0. The Balaban J connectivity index is 2.03. The molecule has 1 atom stereocenters. The van der Waals surface area contributed by atoms with Gasteiger partial charge in [0.05, 0.1) is 0 Å². The van der Waals surface area contributed by atoms with Gasteiger partial charge in [-0.05, 0) is 51.0 Å².